The van der Waals surface area contributed by atoms with Crippen molar-refractivity contribution in [2.75, 3.05) is 6.54 Å². The van der Waals surface area contributed by atoms with E-state index >= 15 is 0 Å². The Morgan fingerprint density at radius 1 is 1.26 bits per heavy atom. The summed E-state index contributed by atoms with van der Waals surface area (Å²) in [6, 6.07) is 5.90. The number of nitrogens with one attached hydrogen (secondary N) is 1. The minimum atomic E-state index is 0.737. The molecule has 4 heteroatoms. The van der Waals surface area contributed by atoms with Gasteiger partial charge in [-0.2, -0.15) is 5.10 Å². The Labute approximate surface area is 119 Å². The molecule has 0 saturated carbocycles. The van der Waals surface area contributed by atoms with E-state index in [0.29, 0.717) is 0 Å². The maximum atomic E-state index is 6.10. The fourth-order valence-corrected chi connectivity index (χ4v) is 2.39. The van der Waals surface area contributed by atoms with Crippen LogP contribution in [0.3, 0.4) is 0 Å². The standard InChI is InChI=1S/C15H20ClN3/c1-5-17-9-14-11(3)18-19(12(14)4)15-8-13(16)7-6-10(15)2/h6-8,17H,5,9H2,1-4H3. The average Bonchev–Trinajstić information content (AvgIpc) is 2.66. The summed E-state index contributed by atoms with van der Waals surface area (Å²) < 4.78 is 1.99. The van der Waals surface area contributed by atoms with Gasteiger partial charge < -0.3 is 5.32 Å². The van der Waals surface area contributed by atoms with Gasteiger partial charge in [0.15, 0.2) is 0 Å². The largest absolute Gasteiger partial charge is 0.313 e. The highest BCUT2D eigenvalue weighted by Crippen LogP contribution is 2.23. The molecule has 0 atom stereocenters. The lowest BCUT2D eigenvalue weighted by Crippen LogP contribution is -2.13. The van der Waals surface area contributed by atoms with Gasteiger partial charge in [0.1, 0.15) is 0 Å². The van der Waals surface area contributed by atoms with E-state index < -0.39 is 0 Å². The summed E-state index contributed by atoms with van der Waals surface area (Å²) in [5, 5.41) is 8.75. The lowest BCUT2D eigenvalue weighted by atomic mass is 10.1. The number of hydrogen-bond donors (Lipinski definition) is 1. The van der Waals surface area contributed by atoms with Crippen molar-refractivity contribution in [3.05, 3.63) is 45.7 Å². The summed E-state index contributed by atoms with van der Waals surface area (Å²) in [6.45, 7) is 10.2. The van der Waals surface area contributed by atoms with Gasteiger partial charge in [-0.25, -0.2) is 4.68 Å². The zero-order chi connectivity index (χ0) is 14.0. The van der Waals surface area contributed by atoms with E-state index in [-0.39, 0.29) is 0 Å². The Balaban J connectivity index is 2.48. The molecule has 1 N–H and O–H groups in total. The second-order valence-electron chi connectivity index (χ2n) is 4.77. The van der Waals surface area contributed by atoms with Crippen molar-refractivity contribution in [3.63, 3.8) is 0 Å². The number of aromatic nitrogens is 2. The van der Waals surface area contributed by atoms with Crippen molar-refractivity contribution in [1.29, 1.82) is 0 Å². The van der Waals surface area contributed by atoms with E-state index in [0.717, 1.165) is 29.5 Å². The molecule has 0 bridgehead atoms. The fourth-order valence-electron chi connectivity index (χ4n) is 2.23. The summed E-state index contributed by atoms with van der Waals surface area (Å²) in [6.07, 6.45) is 0. The number of benzene rings is 1. The van der Waals surface area contributed by atoms with Crippen LogP contribution >= 0.6 is 11.6 Å². The van der Waals surface area contributed by atoms with Gasteiger partial charge in [-0.05, 0) is 45.0 Å². The minimum Gasteiger partial charge on any atom is -0.313 e. The summed E-state index contributed by atoms with van der Waals surface area (Å²) in [4.78, 5) is 0. The van der Waals surface area contributed by atoms with Crippen LogP contribution in [0.15, 0.2) is 18.2 Å². The lowest BCUT2D eigenvalue weighted by Gasteiger charge is -2.09. The topological polar surface area (TPSA) is 29.9 Å². The van der Waals surface area contributed by atoms with Gasteiger partial charge in [0.2, 0.25) is 0 Å². The van der Waals surface area contributed by atoms with Crippen LogP contribution < -0.4 is 5.32 Å². The fraction of sp³-hybridized carbons (Fsp3) is 0.400. The van der Waals surface area contributed by atoms with Crippen molar-refractivity contribution in [1.82, 2.24) is 15.1 Å². The molecule has 2 aromatic rings. The molecule has 0 spiro atoms. The van der Waals surface area contributed by atoms with Gasteiger partial charge in [0.25, 0.3) is 0 Å². The van der Waals surface area contributed by atoms with E-state index in [2.05, 4.69) is 38.1 Å². The molecule has 0 aliphatic rings. The van der Waals surface area contributed by atoms with Crippen molar-refractivity contribution in [3.8, 4) is 5.69 Å². The number of nitrogens with zero attached hydrogens (tertiary/aromatic N) is 2. The SMILES string of the molecule is CCNCc1c(C)nn(-c2cc(Cl)ccc2C)c1C. The van der Waals surface area contributed by atoms with Crippen molar-refractivity contribution in [2.24, 2.45) is 0 Å². The Kier molecular flexibility index (Phi) is 4.27. The van der Waals surface area contributed by atoms with Crippen molar-refractivity contribution in [2.45, 2.75) is 34.2 Å². The molecule has 2 rings (SSSR count). The van der Waals surface area contributed by atoms with Gasteiger partial charge in [-0.3, -0.25) is 0 Å². The van der Waals surface area contributed by atoms with Crippen LogP contribution in [-0.2, 0) is 6.54 Å². The minimum absolute atomic E-state index is 0.737. The third-order valence-electron chi connectivity index (χ3n) is 3.39. The van der Waals surface area contributed by atoms with Gasteiger partial charge in [0, 0.05) is 22.8 Å². The Morgan fingerprint density at radius 2 is 2.00 bits per heavy atom. The summed E-state index contributed by atoms with van der Waals surface area (Å²) in [7, 11) is 0. The van der Waals surface area contributed by atoms with Crippen LogP contribution in [0.4, 0.5) is 0 Å². The third-order valence-corrected chi connectivity index (χ3v) is 3.63. The molecule has 1 aromatic heterocycles. The van der Waals surface area contributed by atoms with E-state index in [1.165, 1.54) is 16.8 Å². The maximum absolute atomic E-state index is 6.10. The number of aryl methyl sites for hydroxylation is 2. The molecule has 1 aromatic carbocycles. The van der Waals surface area contributed by atoms with Gasteiger partial charge in [-0.15, -0.1) is 0 Å². The smallest absolute Gasteiger partial charge is 0.0692 e. The molecule has 0 aliphatic heterocycles. The highest BCUT2D eigenvalue weighted by atomic mass is 35.5. The molecule has 19 heavy (non-hydrogen) atoms. The van der Waals surface area contributed by atoms with E-state index in [9.17, 15) is 0 Å². The Bertz CT molecular complexity index is 587. The van der Waals surface area contributed by atoms with Gasteiger partial charge >= 0.3 is 0 Å². The molecule has 3 nitrogen and oxygen atoms in total. The van der Waals surface area contributed by atoms with Crippen LogP contribution in [-0.4, -0.2) is 16.3 Å². The zero-order valence-electron chi connectivity index (χ0n) is 11.9. The lowest BCUT2D eigenvalue weighted by molar-refractivity contribution is 0.719. The molecule has 0 radical (unpaired) electrons. The van der Waals surface area contributed by atoms with Gasteiger partial charge in [-0.1, -0.05) is 24.6 Å². The zero-order valence-corrected chi connectivity index (χ0v) is 12.7. The normalized spacial score (nSPS) is 11.0. The first kappa shape index (κ1) is 14.1. The average molecular weight is 278 g/mol. The van der Waals surface area contributed by atoms with Crippen LogP contribution in [0.5, 0.6) is 0 Å². The maximum Gasteiger partial charge on any atom is 0.0692 e. The molecule has 102 valence electrons. The molecule has 0 fully saturated rings. The second kappa shape index (κ2) is 5.76. The summed E-state index contributed by atoms with van der Waals surface area (Å²) in [5.41, 5.74) is 5.73. The molecular formula is C15H20ClN3. The first-order valence-electron chi connectivity index (χ1n) is 6.57. The van der Waals surface area contributed by atoms with E-state index in [1.54, 1.807) is 0 Å². The molecule has 0 saturated heterocycles. The first-order valence-corrected chi connectivity index (χ1v) is 6.94. The predicted molar refractivity (Wildman–Crippen MR) is 80.2 cm³/mol. The molecule has 1 heterocycles. The van der Waals surface area contributed by atoms with Crippen molar-refractivity contribution < 1.29 is 0 Å². The molecule has 0 amide bonds. The van der Waals surface area contributed by atoms with E-state index in [4.69, 9.17) is 11.6 Å². The quantitative estimate of drug-likeness (QED) is 0.926. The van der Waals surface area contributed by atoms with Crippen LogP contribution in [0, 0.1) is 20.8 Å². The number of hydrogen-bond acceptors (Lipinski definition) is 2. The van der Waals surface area contributed by atoms with Crippen LogP contribution in [0.25, 0.3) is 5.69 Å². The second-order valence-corrected chi connectivity index (χ2v) is 5.21. The van der Waals surface area contributed by atoms with Crippen LogP contribution in [0.2, 0.25) is 5.02 Å². The number of rotatable bonds is 4. The third kappa shape index (κ3) is 2.82. The Hall–Kier alpha value is -1.32. The predicted octanol–water partition coefficient (Wildman–Crippen LogP) is 3.56. The molecule has 0 unspecified atom stereocenters. The highest BCUT2D eigenvalue weighted by molar-refractivity contribution is 6.30. The van der Waals surface area contributed by atoms with Gasteiger partial charge in [0.05, 0.1) is 11.4 Å². The summed E-state index contributed by atoms with van der Waals surface area (Å²) >= 11 is 6.10. The van der Waals surface area contributed by atoms with Crippen molar-refractivity contribution >= 4 is 11.6 Å². The van der Waals surface area contributed by atoms with Crippen LogP contribution in [0.1, 0.15) is 29.4 Å². The highest BCUT2D eigenvalue weighted by Gasteiger charge is 2.13. The molecule has 0 aliphatic carbocycles. The number of halogens is 1. The molecular weight excluding hydrogens is 258 g/mol. The Morgan fingerprint density at radius 3 is 2.68 bits per heavy atom. The van der Waals surface area contributed by atoms with E-state index in [1.807, 2.05) is 22.9 Å². The monoisotopic (exact) mass is 277 g/mol. The first-order chi connectivity index (χ1) is 9.04. The summed E-state index contributed by atoms with van der Waals surface area (Å²) in [5.74, 6) is 0.